The SMILES string of the molecule is CC(=O)N[C@@H](Cc1ccccc1F)C(=O)N1CCN(Cc2cccc(-c3noc(-c4cccnc4)n3)c2)CC1. The van der Waals surface area contributed by atoms with Gasteiger partial charge in [0.2, 0.25) is 17.6 Å². The Labute approximate surface area is 225 Å². The second-order valence-corrected chi connectivity index (χ2v) is 9.52. The summed E-state index contributed by atoms with van der Waals surface area (Å²) in [7, 11) is 0. The zero-order chi connectivity index (χ0) is 27.2. The first-order chi connectivity index (χ1) is 19.0. The Kier molecular flexibility index (Phi) is 8.02. The molecule has 1 aliphatic rings. The van der Waals surface area contributed by atoms with E-state index in [-0.39, 0.29) is 24.1 Å². The minimum atomic E-state index is -0.811. The fourth-order valence-electron chi connectivity index (χ4n) is 4.69. The predicted octanol–water partition coefficient (Wildman–Crippen LogP) is 3.33. The molecule has 2 aromatic carbocycles. The van der Waals surface area contributed by atoms with Crippen molar-refractivity contribution in [1.29, 1.82) is 0 Å². The molecular weight excluding hydrogens is 499 g/mol. The normalized spacial score (nSPS) is 14.7. The van der Waals surface area contributed by atoms with Crippen LogP contribution in [-0.4, -0.2) is 69.0 Å². The van der Waals surface area contributed by atoms with Crippen LogP contribution in [0.4, 0.5) is 4.39 Å². The lowest BCUT2D eigenvalue weighted by atomic mass is 10.0. The first-order valence-corrected chi connectivity index (χ1v) is 12.8. The van der Waals surface area contributed by atoms with E-state index >= 15 is 0 Å². The maximum atomic E-state index is 14.2. The topological polar surface area (TPSA) is 104 Å². The van der Waals surface area contributed by atoms with E-state index in [1.807, 2.05) is 36.4 Å². The summed E-state index contributed by atoms with van der Waals surface area (Å²) in [5.41, 5.74) is 3.11. The molecule has 2 aromatic heterocycles. The van der Waals surface area contributed by atoms with Crippen LogP contribution in [0.15, 0.2) is 77.6 Å². The maximum Gasteiger partial charge on any atom is 0.259 e. The molecule has 0 aliphatic carbocycles. The van der Waals surface area contributed by atoms with Crippen LogP contribution in [0.1, 0.15) is 18.1 Å². The smallest absolute Gasteiger partial charge is 0.259 e. The van der Waals surface area contributed by atoms with Crippen molar-refractivity contribution in [1.82, 2.24) is 30.2 Å². The summed E-state index contributed by atoms with van der Waals surface area (Å²) in [6.07, 6.45) is 3.47. The third kappa shape index (κ3) is 6.53. The van der Waals surface area contributed by atoms with Gasteiger partial charge in [-0.1, -0.05) is 41.6 Å². The van der Waals surface area contributed by atoms with E-state index < -0.39 is 6.04 Å². The Hall–Kier alpha value is -4.44. The van der Waals surface area contributed by atoms with Crippen molar-refractivity contribution in [3.63, 3.8) is 0 Å². The van der Waals surface area contributed by atoms with Crippen molar-refractivity contribution in [2.75, 3.05) is 26.2 Å². The third-order valence-electron chi connectivity index (χ3n) is 6.67. The Morgan fingerprint density at radius 3 is 2.56 bits per heavy atom. The van der Waals surface area contributed by atoms with Gasteiger partial charge in [0.05, 0.1) is 5.56 Å². The second-order valence-electron chi connectivity index (χ2n) is 9.52. The average molecular weight is 529 g/mol. The Morgan fingerprint density at radius 2 is 1.82 bits per heavy atom. The third-order valence-corrected chi connectivity index (χ3v) is 6.67. The molecule has 1 fully saturated rings. The van der Waals surface area contributed by atoms with Gasteiger partial charge in [-0.15, -0.1) is 0 Å². The molecule has 4 aromatic rings. The molecule has 39 heavy (non-hydrogen) atoms. The van der Waals surface area contributed by atoms with E-state index in [0.717, 1.165) is 16.7 Å². The fourth-order valence-corrected chi connectivity index (χ4v) is 4.69. The lowest BCUT2D eigenvalue weighted by molar-refractivity contribution is -0.137. The van der Waals surface area contributed by atoms with Gasteiger partial charge in [0.15, 0.2) is 0 Å². The molecule has 0 saturated carbocycles. The van der Waals surface area contributed by atoms with Crippen molar-refractivity contribution in [2.45, 2.75) is 25.9 Å². The molecule has 1 atom stereocenters. The van der Waals surface area contributed by atoms with Crippen LogP contribution >= 0.6 is 0 Å². The fraction of sp³-hybridized carbons (Fsp3) is 0.276. The number of nitrogens with one attached hydrogen (secondary N) is 1. The van der Waals surface area contributed by atoms with Crippen molar-refractivity contribution in [3.05, 3.63) is 90.0 Å². The standard InChI is InChI=1S/C29H29FN6O3/c1-20(37)32-26(17-22-7-2-3-10-25(22)30)29(38)36-14-12-35(13-15-36)19-21-6-4-8-23(16-21)27-33-28(39-34-27)24-9-5-11-31-18-24/h2-11,16,18,26H,12-15,17,19H2,1H3,(H,32,37)/t26-/m0/s1. The summed E-state index contributed by atoms with van der Waals surface area (Å²) in [5.74, 6) is 0.0117. The van der Waals surface area contributed by atoms with Crippen molar-refractivity contribution in [3.8, 4) is 22.8 Å². The highest BCUT2D eigenvalue weighted by Gasteiger charge is 2.29. The second kappa shape index (κ2) is 12.0. The number of benzene rings is 2. The van der Waals surface area contributed by atoms with Gasteiger partial charge in [0, 0.05) is 64.0 Å². The number of piperazine rings is 1. The van der Waals surface area contributed by atoms with Crippen molar-refractivity contribution >= 4 is 11.8 Å². The minimum absolute atomic E-state index is 0.108. The molecule has 2 amide bonds. The highest BCUT2D eigenvalue weighted by molar-refractivity contribution is 5.87. The highest BCUT2D eigenvalue weighted by Crippen LogP contribution is 2.23. The number of carbonyl (C=O) groups excluding carboxylic acids is 2. The highest BCUT2D eigenvalue weighted by atomic mass is 19.1. The van der Waals surface area contributed by atoms with Gasteiger partial charge < -0.3 is 14.7 Å². The van der Waals surface area contributed by atoms with Crippen LogP contribution in [0.2, 0.25) is 0 Å². The molecule has 5 rings (SSSR count). The van der Waals surface area contributed by atoms with Gasteiger partial charge in [-0.25, -0.2) is 4.39 Å². The van der Waals surface area contributed by atoms with Crippen LogP contribution in [0.25, 0.3) is 22.8 Å². The van der Waals surface area contributed by atoms with Crippen molar-refractivity contribution in [2.24, 2.45) is 0 Å². The summed E-state index contributed by atoms with van der Waals surface area (Å²) < 4.78 is 19.6. The number of nitrogens with zero attached hydrogens (tertiary/aromatic N) is 5. The maximum absolute atomic E-state index is 14.2. The number of halogens is 1. The number of hydrogen-bond donors (Lipinski definition) is 1. The van der Waals surface area contributed by atoms with Gasteiger partial charge in [-0.2, -0.15) is 4.98 Å². The number of hydrogen-bond acceptors (Lipinski definition) is 7. The summed E-state index contributed by atoms with van der Waals surface area (Å²) in [6, 6.07) is 17.2. The van der Waals surface area contributed by atoms with Gasteiger partial charge in [0.25, 0.3) is 5.89 Å². The average Bonchev–Trinajstić information content (AvgIpc) is 3.45. The minimum Gasteiger partial charge on any atom is -0.344 e. The van der Waals surface area contributed by atoms with Gasteiger partial charge in [0.1, 0.15) is 11.9 Å². The summed E-state index contributed by atoms with van der Waals surface area (Å²) in [5, 5.41) is 6.83. The van der Waals surface area contributed by atoms with Gasteiger partial charge in [-0.05, 0) is 35.4 Å². The van der Waals surface area contributed by atoms with Crippen molar-refractivity contribution < 1.29 is 18.5 Å². The lowest BCUT2D eigenvalue weighted by Crippen LogP contribution is -2.55. The Balaban J connectivity index is 1.19. The summed E-state index contributed by atoms with van der Waals surface area (Å²) >= 11 is 0. The lowest BCUT2D eigenvalue weighted by Gasteiger charge is -2.36. The largest absolute Gasteiger partial charge is 0.344 e. The summed E-state index contributed by atoms with van der Waals surface area (Å²) in [6.45, 7) is 4.46. The van der Waals surface area contributed by atoms with E-state index in [9.17, 15) is 14.0 Å². The van der Waals surface area contributed by atoms with Crippen LogP contribution in [-0.2, 0) is 22.6 Å². The predicted molar refractivity (Wildman–Crippen MR) is 143 cm³/mol. The molecule has 1 saturated heterocycles. The monoisotopic (exact) mass is 528 g/mol. The first-order valence-electron chi connectivity index (χ1n) is 12.8. The molecule has 0 radical (unpaired) electrons. The molecular formula is C29H29FN6O3. The molecule has 1 aliphatic heterocycles. The van der Waals surface area contributed by atoms with E-state index in [2.05, 4.69) is 25.3 Å². The Morgan fingerprint density at radius 1 is 1.03 bits per heavy atom. The molecule has 0 bridgehead atoms. The van der Waals surface area contributed by atoms with Crippen LogP contribution in [0.5, 0.6) is 0 Å². The molecule has 0 spiro atoms. The number of aromatic nitrogens is 3. The quantitative estimate of drug-likeness (QED) is 0.374. The van der Waals surface area contributed by atoms with Gasteiger partial charge in [-0.3, -0.25) is 19.5 Å². The van der Waals surface area contributed by atoms with Crippen LogP contribution < -0.4 is 5.32 Å². The van der Waals surface area contributed by atoms with Crippen LogP contribution in [0, 0.1) is 5.82 Å². The first kappa shape index (κ1) is 26.2. The van der Waals surface area contributed by atoms with E-state index in [1.54, 1.807) is 35.5 Å². The Bertz CT molecular complexity index is 1440. The van der Waals surface area contributed by atoms with E-state index in [1.165, 1.54) is 13.0 Å². The van der Waals surface area contributed by atoms with E-state index in [0.29, 0.717) is 50.0 Å². The summed E-state index contributed by atoms with van der Waals surface area (Å²) in [4.78, 5) is 37.7. The number of amides is 2. The number of rotatable bonds is 8. The van der Waals surface area contributed by atoms with Crippen LogP contribution in [0.3, 0.4) is 0 Å². The van der Waals surface area contributed by atoms with Gasteiger partial charge >= 0.3 is 0 Å². The molecule has 9 nitrogen and oxygen atoms in total. The van der Waals surface area contributed by atoms with E-state index in [4.69, 9.17) is 4.52 Å². The molecule has 3 heterocycles. The molecule has 10 heteroatoms. The molecule has 0 unspecified atom stereocenters. The molecule has 200 valence electrons. The zero-order valence-electron chi connectivity index (χ0n) is 21.6. The number of pyridine rings is 1. The molecule has 1 N–H and O–H groups in total. The zero-order valence-corrected chi connectivity index (χ0v) is 21.6. The number of carbonyl (C=O) groups is 2.